The molecule has 3 rings (SSSR count). The molecule has 1 amide bonds. The maximum atomic E-state index is 12.5. The highest BCUT2D eigenvalue weighted by Gasteiger charge is 2.16. The molecule has 0 atom stereocenters. The topological polar surface area (TPSA) is 77.1 Å². The van der Waals surface area contributed by atoms with Crippen molar-refractivity contribution in [3.63, 3.8) is 0 Å². The minimum atomic E-state index is 0.0587. The summed E-state index contributed by atoms with van der Waals surface area (Å²) in [4.78, 5) is 18.4. The van der Waals surface area contributed by atoms with E-state index in [4.69, 9.17) is 4.52 Å². The molecule has 0 bridgehead atoms. The first kappa shape index (κ1) is 17.8. The van der Waals surface area contributed by atoms with Gasteiger partial charge in [-0.3, -0.25) is 14.5 Å². The van der Waals surface area contributed by atoms with Crippen LogP contribution in [0, 0.1) is 13.8 Å². The largest absolute Gasteiger partial charge is 0.359 e. The van der Waals surface area contributed by atoms with Crippen molar-refractivity contribution in [1.29, 1.82) is 0 Å². The van der Waals surface area contributed by atoms with Crippen molar-refractivity contribution in [2.24, 2.45) is 7.05 Å². The maximum Gasteiger partial charge on any atom is 0.223 e. The van der Waals surface area contributed by atoms with E-state index in [9.17, 15) is 4.79 Å². The number of amides is 1. The Morgan fingerprint density at radius 2 is 2.08 bits per heavy atom. The molecule has 26 heavy (non-hydrogen) atoms. The van der Waals surface area contributed by atoms with Gasteiger partial charge in [-0.1, -0.05) is 11.2 Å². The summed E-state index contributed by atoms with van der Waals surface area (Å²) in [6.45, 7) is 4.38. The van der Waals surface area contributed by atoms with Crippen molar-refractivity contribution in [1.82, 2.24) is 24.8 Å². The predicted octanol–water partition coefficient (Wildman–Crippen LogP) is 2.68. The number of pyridine rings is 1. The molecule has 0 aliphatic heterocycles. The van der Waals surface area contributed by atoms with Gasteiger partial charge in [0.2, 0.25) is 5.91 Å². The minimum Gasteiger partial charge on any atom is -0.359 e. The lowest BCUT2D eigenvalue weighted by molar-refractivity contribution is -0.130. The second-order valence-corrected chi connectivity index (χ2v) is 6.42. The van der Waals surface area contributed by atoms with Crippen molar-refractivity contribution in [3.8, 4) is 11.4 Å². The second-order valence-electron chi connectivity index (χ2n) is 6.42. The van der Waals surface area contributed by atoms with E-state index in [-0.39, 0.29) is 5.91 Å². The van der Waals surface area contributed by atoms with E-state index < -0.39 is 0 Å². The molecule has 3 heterocycles. The third kappa shape index (κ3) is 3.82. The number of nitrogens with zero attached hydrogens (tertiary/aromatic N) is 5. The van der Waals surface area contributed by atoms with Gasteiger partial charge in [0.25, 0.3) is 0 Å². The SMILES string of the molecule is Cc1nn(C)c(C)c1CCC(=O)N(C)Cc1cc(-c2ccccn2)no1. The molecule has 136 valence electrons. The maximum absolute atomic E-state index is 12.5. The molecule has 0 aromatic carbocycles. The zero-order valence-corrected chi connectivity index (χ0v) is 15.6. The molecule has 0 N–H and O–H groups in total. The van der Waals surface area contributed by atoms with Gasteiger partial charge in [-0.05, 0) is 38.0 Å². The van der Waals surface area contributed by atoms with Gasteiger partial charge in [0.15, 0.2) is 5.76 Å². The standard InChI is InChI=1S/C19H23N5O2/c1-13-16(14(2)24(4)21-13)8-9-19(25)23(3)12-15-11-18(22-26-15)17-7-5-6-10-20-17/h5-7,10-11H,8-9,12H2,1-4H3. The molecule has 0 saturated heterocycles. The van der Waals surface area contributed by atoms with Crippen molar-refractivity contribution in [2.75, 3.05) is 7.05 Å². The summed E-state index contributed by atoms with van der Waals surface area (Å²) in [5.41, 5.74) is 4.65. The monoisotopic (exact) mass is 353 g/mol. The Hall–Kier alpha value is -2.96. The lowest BCUT2D eigenvalue weighted by Gasteiger charge is -2.15. The van der Waals surface area contributed by atoms with Gasteiger partial charge in [0.1, 0.15) is 5.69 Å². The fourth-order valence-electron chi connectivity index (χ4n) is 2.95. The first-order valence-corrected chi connectivity index (χ1v) is 8.55. The van der Waals surface area contributed by atoms with Crippen LogP contribution in [0.4, 0.5) is 0 Å². The average Bonchev–Trinajstić information content (AvgIpc) is 3.19. The number of rotatable bonds is 6. The van der Waals surface area contributed by atoms with Crippen LogP contribution < -0.4 is 0 Å². The van der Waals surface area contributed by atoms with Crippen LogP contribution in [-0.4, -0.2) is 37.8 Å². The normalized spacial score (nSPS) is 10.9. The van der Waals surface area contributed by atoms with Crippen LogP contribution in [0.25, 0.3) is 11.4 Å². The van der Waals surface area contributed by atoms with Gasteiger partial charge < -0.3 is 9.42 Å². The summed E-state index contributed by atoms with van der Waals surface area (Å²) in [7, 11) is 3.69. The van der Waals surface area contributed by atoms with Crippen molar-refractivity contribution in [2.45, 2.75) is 33.2 Å². The zero-order chi connectivity index (χ0) is 18.7. The lowest BCUT2D eigenvalue weighted by Crippen LogP contribution is -2.26. The number of carbonyl (C=O) groups excluding carboxylic acids is 1. The van der Waals surface area contributed by atoms with E-state index in [1.165, 1.54) is 0 Å². The summed E-state index contributed by atoms with van der Waals surface area (Å²) in [6.07, 6.45) is 2.83. The van der Waals surface area contributed by atoms with E-state index in [0.717, 1.165) is 22.6 Å². The third-order valence-electron chi connectivity index (χ3n) is 4.55. The number of aryl methyl sites for hydroxylation is 2. The molecule has 0 radical (unpaired) electrons. The summed E-state index contributed by atoms with van der Waals surface area (Å²) in [5, 5.41) is 8.43. The lowest BCUT2D eigenvalue weighted by atomic mass is 10.1. The van der Waals surface area contributed by atoms with Crippen LogP contribution in [0.15, 0.2) is 35.0 Å². The van der Waals surface area contributed by atoms with E-state index in [2.05, 4.69) is 15.2 Å². The highest BCUT2D eigenvalue weighted by Crippen LogP contribution is 2.18. The summed E-state index contributed by atoms with van der Waals surface area (Å²) >= 11 is 0. The van der Waals surface area contributed by atoms with Crippen molar-refractivity contribution >= 4 is 5.91 Å². The number of carbonyl (C=O) groups is 1. The Morgan fingerprint density at radius 1 is 1.27 bits per heavy atom. The number of aromatic nitrogens is 4. The smallest absolute Gasteiger partial charge is 0.223 e. The van der Waals surface area contributed by atoms with E-state index in [1.807, 2.05) is 49.8 Å². The number of hydrogen-bond acceptors (Lipinski definition) is 5. The van der Waals surface area contributed by atoms with Gasteiger partial charge in [0, 0.05) is 38.5 Å². The average molecular weight is 353 g/mol. The first-order chi connectivity index (χ1) is 12.5. The third-order valence-corrected chi connectivity index (χ3v) is 4.55. The molecule has 3 aromatic rings. The van der Waals surface area contributed by atoms with Gasteiger partial charge >= 0.3 is 0 Å². The van der Waals surface area contributed by atoms with Gasteiger partial charge in [-0.15, -0.1) is 0 Å². The summed E-state index contributed by atoms with van der Waals surface area (Å²) in [5.74, 6) is 0.693. The molecule has 0 aliphatic carbocycles. The Balaban J connectivity index is 1.58. The first-order valence-electron chi connectivity index (χ1n) is 8.55. The zero-order valence-electron chi connectivity index (χ0n) is 15.6. The second kappa shape index (κ2) is 7.51. The highest BCUT2D eigenvalue weighted by atomic mass is 16.5. The molecule has 0 unspecified atom stereocenters. The number of hydrogen-bond donors (Lipinski definition) is 0. The minimum absolute atomic E-state index is 0.0587. The Kier molecular flexibility index (Phi) is 5.16. The van der Waals surface area contributed by atoms with Crippen molar-refractivity contribution < 1.29 is 9.32 Å². The quantitative estimate of drug-likeness (QED) is 0.681. The molecule has 0 fully saturated rings. The van der Waals surface area contributed by atoms with Crippen LogP contribution >= 0.6 is 0 Å². The molecular weight excluding hydrogens is 330 g/mol. The predicted molar refractivity (Wildman–Crippen MR) is 97.2 cm³/mol. The Labute approximate surface area is 152 Å². The van der Waals surface area contributed by atoms with E-state index in [1.54, 1.807) is 18.1 Å². The fourth-order valence-corrected chi connectivity index (χ4v) is 2.95. The molecule has 7 heteroatoms. The van der Waals surface area contributed by atoms with Crippen LogP contribution in [0.3, 0.4) is 0 Å². The summed E-state index contributed by atoms with van der Waals surface area (Å²) in [6, 6.07) is 7.44. The van der Waals surface area contributed by atoms with E-state index in [0.29, 0.717) is 30.8 Å². The fraction of sp³-hybridized carbons (Fsp3) is 0.368. The van der Waals surface area contributed by atoms with Crippen molar-refractivity contribution in [3.05, 3.63) is 53.2 Å². The summed E-state index contributed by atoms with van der Waals surface area (Å²) < 4.78 is 7.20. The molecular formula is C19H23N5O2. The van der Waals surface area contributed by atoms with Gasteiger partial charge in [-0.25, -0.2) is 0 Å². The van der Waals surface area contributed by atoms with Crippen LogP contribution in [0.1, 0.15) is 29.1 Å². The van der Waals surface area contributed by atoms with E-state index >= 15 is 0 Å². The molecule has 3 aromatic heterocycles. The molecule has 0 spiro atoms. The Morgan fingerprint density at radius 3 is 2.73 bits per heavy atom. The van der Waals surface area contributed by atoms with Gasteiger partial charge in [-0.2, -0.15) is 5.10 Å². The van der Waals surface area contributed by atoms with Gasteiger partial charge in [0.05, 0.1) is 17.9 Å². The van der Waals surface area contributed by atoms with Crippen LogP contribution in [0.5, 0.6) is 0 Å². The van der Waals surface area contributed by atoms with Crippen LogP contribution in [-0.2, 0) is 24.8 Å². The Bertz CT molecular complexity index is 898. The molecule has 0 aliphatic rings. The molecule has 0 saturated carbocycles. The van der Waals surface area contributed by atoms with Crippen LogP contribution in [0.2, 0.25) is 0 Å². The molecule has 7 nitrogen and oxygen atoms in total. The highest BCUT2D eigenvalue weighted by molar-refractivity contribution is 5.76.